The highest BCUT2D eigenvalue weighted by Crippen LogP contribution is 2.35. The third-order valence-electron chi connectivity index (χ3n) is 3.85. The highest BCUT2D eigenvalue weighted by molar-refractivity contribution is 6.04. The Balaban J connectivity index is 1.67. The molecule has 2 fully saturated rings. The van der Waals surface area contributed by atoms with Crippen molar-refractivity contribution in [1.82, 2.24) is 15.2 Å². The zero-order valence-electron chi connectivity index (χ0n) is 11.6. The number of pyridine rings is 1. The van der Waals surface area contributed by atoms with Crippen LogP contribution >= 0.6 is 0 Å². The Bertz CT molecular complexity index is 596. The molecule has 1 saturated heterocycles. The standard InChI is InChI=1S/C14H14F3N3O2/c15-14(16,17)9-3-4-10(18-6-9)7-20-12(21)11(19-13(20)22)5-8-1-2-8/h3-4,6,8,11H,1-2,5,7H2,(H,19,22). The summed E-state index contributed by atoms with van der Waals surface area (Å²) in [5.41, 5.74) is -0.622. The summed E-state index contributed by atoms with van der Waals surface area (Å²) < 4.78 is 37.4. The van der Waals surface area contributed by atoms with E-state index in [9.17, 15) is 22.8 Å². The third kappa shape index (κ3) is 3.05. The number of alkyl halides is 3. The van der Waals surface area contributed by atoms with Crippen molar-refractivity contribution < 1.29 is 22.8 Å². The number of amides is 3. The van der Waals surface area contributed by atoms with Crippen molar-refractivity contribution in [2.24, 2.45) is 5.92 Å². The van der Waals surface area contributed by atoms with E-state index < -0.39 is 23.8 Å². The van der Waals surface area contributed by atoms with Crippen molar-refractivity contribution in [1.29, 1.82) is 0 Å². The van der Waals surface area contributed by atoms with Gasteiger partial charge < -0.3 is 5.32 Å². The lowest BCUT2D eigenvalue weighted by Crippen LogP contribution is -2.31. The predicted molar refractivity (Wildman–Crippen MR) is 69.4 cm³/mol. The molecule has 1 atom stereocenters. The minimum Gasteiger partial charge on any atom is -0.326 e. The van der Waals surface area contributed by atoms with Crippen molar-refractivity contribution in [3.63, 3.8) is 0 Å². The van der Waals surface area contributed by atoms with Gasteiger partial charge in [-0.3, -0.25) is 14.7 Å². The summed E-state index contributed by atoms with van der Waals surface area (Å²) in [5, 5.41) is 2.61. The van der Waals surface area contributed by atoms with E-state index in [0.717, 1.165) is 23.8 Å². The molecule has 5 nitrogen and oxygen atoms in total. The van der Waals surface area contributed by atoms with Crippen molar-refractivity contribution >= 4 is 11.9 Å². The molecule has 1 N–H and O–H groups in total. The van der Waals surface area contributed by atoms with Gasteiger partial charge in [0.1, 0.15) is 6.04 Å². The number of nitrogens with one attached hydrogen (secondary N) is 1. The number of imide groups is 1. The summed E-state index contributed by atoms with van der Waals surface area (Å²) >= 11 is 0. The zero-order valence-corrected chi connectivity index (χ0v) is 11.6. The lowest BCUT2D eigenvalue weighted by atomic mass is 10.1. The second-order valence-electron chi connectivity index (χ2n) is 5.64. The van der Waals surface area contributed by atoms with E-state index in [4.69, 9.17) is 0 Å². The molecule has 1 aromatic rings. The van der Waals surface area contributed by atoms with Crippen LogP contribution in [0.3, 0.4) is 0 Å². The molecule has 3 rings (SSSR count). The second-order valence-corrected chi connectivity index (χ2v) is 5.64. The van der Waals surface area contributed by atoms with Crippen molar-refractivity contribution in [2.45, 2.75) is 38.0 Å². The van der Waals surface area contributed by atoms with Crippen LogP contribution in [0.1, 0.15) is 30.5 Å². The van der Waals surface area contributed by atoms with E-state index in [1.807, 2.05) is 0 Å². The van der Waals surface area contributed by atoms with Crippen LogP contribution < -0.4 is 5.32 Å². The molecule has 8 heteroatoms. The van der Waals surface area contributed by atoms with Gasteiger partial charge in [-0.15, -0.1) is 0 Å². The van der Waals surface area contributed by atoms with Gasteiger partial charge in [-0.05, 0) is 24.5 Å². The molecule has 0 bridgehead atoms. The largest absolute Gasteiger partial charge is 0.417 e. The molecule has 1 saturated carbocycles. The molecule has 2 aliphatic rings. The van der Waals surface area contributed by atoms with Crippen LogP contribution in [0.4, 0.5) is 18.0 Å². The molecule has 1 aliphatic carbocycles. The van der Waals surface area contributed by atoms with Gasteiger partial charge in [-0.25, -0.2) is 4.79 Å². The zero-order chi connectivity index (χ0) is 15.9. The van der Waals surface area contributed by atoms with Gasteiger partial charge >= 0.3 is 12.2 Å². The molecule has 22 heavy (non-hydrogen) atoms. The minimum atomic E-state index is -4.46. The average molecular weight is 313 g/mol. The number of carbonyl (C=O) groups is 2. The van der Waals surface area contributed by atoms with E-state index >= 15 is 0 Å². The molecule has 118 valence electrons. The summed E-state index contributed by atoms with van der Waals surface area (Å²) in [6, 6.07) is 1.03. The monoisotopic (exact) mass is 313 g/mol. The minimum absolute atomic E-state index is 0.121. The van der Waals surface area contributed by atoms with Gasteiger partial charge in [-0.1, -0.05) is 12.8 Å². The maximum absolute atomic E-state index is 12.5. The average Bonchev–Trinajstić information content (AvgIpc) is 3.22. The molecule has 0 spiro atoms. The number of hydrogen-bond donors (Lipinski definition) is 1. The van der Waals surface area contributed by atoms with Gasteiger partial charge in [0.2, 0.25) is 0 Å². The van der Waals surface area contributed by atoms with Gasteiger partial charge in [-0.2, -0.15) is 13.2 Å². The number of urea groups is 1. The predicted octanol–water partition coefficient (Wildman–Crippen LogP) is 2.32. The van der Waals surface area contributed by atoms with Crippen molar-refractivity contribution in [3.05, 3.63) is 29.6 Å². The van der Waals surface area contributed by atoms with Crippen LogP contribution in [0.5, 0.6) is 0 Å². The van der Waals surface area contributed by atoms with E-state index in [0.29, 0.717) is 18.5 Å². The maximum atomic E-state index is 12.5. The summed E-state index contributed by atoms with van der Waals surface area (Å²) in [6.45, 7) is -0.121. The van der Waals surface area contributed by atoms with Gasteiger partial charge in [0.25, 0.3) is 5.91 Å². The van der Waals surface area contributed by atoms with Gasteiger partial charge in [0.15, 0.2) is 0 Å². The molecular weight excluding hydrogens is 299 g/mol. The normalized spacial score (nSPS) is 22.1. The van der Waals surface area contributed by atoms with Crippen LogP contribution in [0.15, 0.2) is 18.3 Å². The van der Waals surface area contributed by atoms with E-state index in [1.54, 1.807) is 0 Å². The number of nitrogens with zero attached hydrogens (tertiary/aromatic N) is 2. The highest BCUT2D eigenvalue weighted by atomic mass is 19.4. The molecule has 2 heterocycles. The lowest BCUT2D eigenvalue weighted by Gasteiger charge is -2.13. The smallest absolute Gasteiger partial charge is 0.326 e. The fourth-order valence-electron chi connectivity index (χ4n) is 2.42. The summed E-state index contributed by atoms with van der Waals surface area (Å²) in [6.07, 6.45) is -0.987. The lowest BCUT2D eigenvalue weighted by molar-refractivity contribution is -0.138. The molecule has 3 amide bonds. The van der Waals surface area contributed by atoms with Crippen LogP contribution in [0.25, 0.3) is 0 Å². The van der Waals surface area contributed by atoms with E-state index in [-0.39, 0.29) is 18.1 Å². The fraction of sp³-hybridized carbons (Fsp3) is 0.500. The molecule has 1 aromatic heterocycles. The molecular formula is C14H14F3N3O2. The first-order valence-corrected chi connectivity index (χ1v) is 6.98. The number of hydrogen-bond acceptors (Lipinski definition) is 3. The van der Waals surface area contributed by atoms with Crippen LogP contribution in [-0.2, 0) is 17.5 Å². The first kappa shape index (κ1) is 14.8. The summed E-state index contributed by atoms with van der Waals surface area (Å²) in [7, 11) is 0. The molecule has 0 radical (unpaired) electrons. The number of carbonyl (C=O) groups excluding carboxylic acids is 2. The van der Waals surface area contributed by atoms with Crippen LogP contribution in [0, 0.1) is 5.92 Å². The van der Waals surface area contributed by atoms with Crippen molar-refractivity contribution in [3.8, 4) is 0 Å². The van der Waals surface area contributed by atoms with Gasteiger partial charge in [0.05, 0.1) is 17.8 Å². The summed E-state index contributed by atoms with van der Waals surface area (Å²) in [4.78, 5) is 28.6. The first-order chi connectivity index (χ1) is 10.3. The van der Waals surface area contributed by atoms with E-state index in [2.05, 4.69) is 10.3 Å². The Morgan fingerprint density at radius 2 is 2.00 bits per heavy atom. The number of aromatic nitrogens is 1. The quantitative estimate of drug-likeness (QED) is 0.868. The van der Waals surface area contributed by atoms with Gasteiger partial charge in [0, 0.05) is 6.20 Å². The number of rotatable bonds is 4. The fourth-order valence-corrected chi connectivity index (χ4v) is 2.42. The SMILES string of the molecule is O=C1NC(CC2CC2)C(=O)N1Cc1ccc(C(F)(F)F)cn1. The highest BCUT2D eigenvalue weighted by Gasteiger charge is 2.41. The summed E-state index contributed by atoms with van der Waals surface area (Å²) in [5.74, 6) is 0.150. The topological polar surface area (TPSA) is 62.3 Å². The third-order valence-corrected chi connectivity index (χ3v) is 3.85. The van der Waals surface area contributed by atoms with Crippen LogP contribution in [0.2, 0.25) is 0 Å². The van der Waals surface area contributed by atoms with E-state index in [1.165, 1.54) is 6.07 Å². The first-order valence-electron chi connectivity index (χ1n) is 6.98. The Kier molecular flexibility index (Phi) is 3.54. The Morgan fingerprint density at radius 3 is 2.55 bits per heavy atom. The molecule has 1 aliphatic heterocycles. The Labute approximate surface area is 124 Å². The molecule has 0 aromatic carbocycles. The van der Waals surface area contributed by atoms with Crippen molar-refractivity contribution in [2.75, 3.05) is 0 Å². The second kappa shape index (κ2) is 5.26. The molecule has 1 unspecified atom stereocenters. The maximum Gasteiger partial charge on any atom is 0.417 e. The number of halogens is 3. The Hall–Kier alpha value is -2.12. The van der Waals surface area contributed by atoms with Crippen LogP contribution in [-0.4, -0.2) is 27.9 Å². The Morgan fingerprint density at radius 1 is 1.27 bits per heavy atom.